The Balaban J connectivity index is 2.12. The Morgan fingerprint density at radius 3 is 1.56 bits per heavy atom. The summed E-state index contributed by atoms with van der Waals surface area (Å²) in [5, 5.41) is 5.22. The molecule has 0 heterocycles. The third-order valence-electron chi connectivity index (χ3n) is 4.76. The minimum Gasteiger partial charge on any atom is -0.296 e. The first-order valence-corrected chi connectivity index (χ1v) is 10.4. The summed E-state index contributed by atoms with van der Waals surface area (Å²) in [5.74, 6) is 0. The summed E-state index contributed by atoms with van der Waals surface area (Å²) in [6.07, 6.45) is 0.834. The number of benzene rings is 3. The van der Waals surface area contributed by atoms with Crippen molar-refractivity contribution in [2.75, 3.05) is 0 Å². The van der Waals surface area contributed by atoms with Crippen molar-refractivity contribution in [3.8, 4) is 0 Å². The zero-order valence-corrected chi connectivity index (χ0v) is 15.6. The van der Waals surface area contributed by atoms with Crippen LogP contribution in [0.25, 0.3) is 0 Å². The summed E-state index contributed by atoms with van der Waals surface area (Å²) < 4.78 is 14.3. The Morgan fingerprint density at radius 2 is 1.16 bits per heavy atom. The smallest absolute Gasteiger partial charge is 0.205 e. The fraction of sp³-hybridized carbons (Fsp3) is 0.182. The van der Waals surface area contributed by atoms with E-state index in [-0.39, 0.29) is 5.54 Å². The second kappa shape index (κ2) is 7.39. The van der Waals surface area contributed by atoms with Crippen molar-refractivity contribution in [1.82, 2.24) is 5.09 Å². The lowest BCUT2D eigenvalue weighted by Gasteiger charge is -2.35. The van der Waals surface area contributed by atoms with E-state index < -0.39 is 7.29 Å². The molecule has 2 nitrogen and oxygen atoms in total. The van der Waals surface area contributed by atoms with Gasteiger partial charge in [0.05, 0.1) is 0 Å². The molecular weight excluding hydrogens is 325 g/mol. The van der Waals surface area contributed by atoms with Crippen molar-refractivity contribution in [1.29, 1.82) is 0 Å². The molecule has 0 radical (unpaired) electrons. The fourth-order valence-electron chi connectivity index (χ4n) is 3.06. The molecule has 1 atom stereocenters. The van der Waals surface area contributed by atoms with E-state index in [1.165, 1.54) is 0 Å². The van der Waals surface area contributed by atoms with Crippen molar-refractivity contribution in [3.05, 3.63) is 96.6 Å². The molecule has 0 bridgehead atoms. The number of rotatable bonds is 6. The van der Waals surface area contributed by atoms with Gasteiger partial charge in [-0.05, 0) is 43.2 Å². The third kappa shape index (κ3) is 3.61. The van der Waals surface area contributed by atoms with Crippen LogP contribution in [0.4, 0.5) is 0 Å². The molecule has 0 amide bonds. The molecular formula is C22H24NOP. The van der Waals surface area contributed by atoms with Crippen LogP contribution in [0.3, 0.4) is 0 Å². The van der Waals surface area contributed by atoms with Gasteiger partial charge in [0, 0.05) is 16.1 Å². The minimum absolute atomic E-state index is 0.386. The maximum atomic E-state index is 14.3. The van der Waals surface area contributed by atoms with Gasteiger partial charge in [-0.3, -0.25) is 9.65 Å². The molecule has 3 aromatic rings. The van der Waals surface area contributed by atoms with Crippen LogP contribution in [0.1, 0.15) is 25.8 Å². The van der Waals surface area contributed by atoms with Crippen LogP contribution in [0.15, 0.2) is 91.0 Å². The van der Waals surface area contributed by atoms with Gasteiger partial charge < -0.3 is 0 Å². The van der Waals surface area contributed by atoms with Gasteiger partial charge >= 0.3 is 0 Å². The molecule has 3 rings (SSSR count). The normalized spacial score (nSPS) is 14.0. The average molecular weight is 349 g/mol. The molecule has 0 aliphatic carbocycles. The predicted octanol–water partition coefficient (Wildman–Crippen LogP) is 4.83. The molecule has 0 saturated carbocycles. The van der Waals surface area contributed by atoms with E-state index in [4.69, 9.17) is 0 Å². The van der Waals surface area contributed by atoms with Gasteiger partial charge in [0.1, 0.15) is 0 Å². The lowest BCUT2D eigenvalue weighted by molar-refractivity contribution is 0.421. The molecule has 3 heteroatoms. The van der Waals surface area contributed by atoms with E-state index in [0.717, 1.165) is 22.6 Å². The standard InChI is InChI=1S/C22H24NOP/c1-3-22(2,19-13-7-4-8-14-19)23-25(24,20-15-9-5-10-16-20)21-17-11-6-12-18-21/h4-18H,3H2,1-2H3,(H,23,24). The lowest BCUT2D eigenvalue weighted by Crippen LogP contribution is -2.42. The van der Waals surface area contributed by atoms with E-state index >= 15 is 0 Å². The van der Waals surface area contributed by atoms with Crippen molar-refractivity contribution >= 4 is 17.9 Å². The summed E-state index contributed by atoms with van der Waals surface area (Å²) in [5.41, 5.74) is 0.757. The highest BCUT2D eigenvalue weighted by Crippen LogP contribution is 2.44. The molecule has 0 fully saturated rings. The molecule has 1 unspecified atom stereocenters. The molecule has 1 N–H and O–H groups in total. The first-order chi connectivity index (χ1) is 12.1. The van der Waals surface area contributed by atoms with Gasteiger partial charge in [0.2, 0.25) is 7.29 Å². The van der Waals surface area contributed by atoms with E-state index in [0.29, 0.717) is 0 Å². The van der Waals surface area contributed by atoms with Crippen molar-refractivity contribution < 1.29 is 4.57 Å². The summed E-state index contributed by atoms with van der Waals surface area (Å²) in [6.45, 7) is 4.25. The van der Waals surface area contributed by atoms with Gasteiger partial charge in [-0.1, -0.05) is 73.7 Å². The largest absolute Gasteiger partial charge is 0.296 e. The molecule has 0 aliphatic rings. The van der Waals surface area contributed by atoms with Gasteiger partial charge in [0.15, 0.2) is 0 Å². The quantitative estimate of drug-likeness (QED) is 0.646. The van der Waals surface area contributed by atoms with Crippen molar-refractivity contribution in [2.45, 2.75) is 25.8 Å². The minimum atomic E-state index is -2.98. The summed E-state index contributed by atoms with van der Waals surface area (Å²) in [4.78, 5) is 0. The van der Waals surface area contributed by atoms with E-state index in [2.05, 4.69) is 31.1 Å². The first kappa shape index (κ1) is 17.7. The molecule has 25 heavy (non-hydrogen) atoms. The average Bonchev–Trinajstić information content (AvgIpc) is 2.70. The number of nitrogens with one attached hydrogen (secondary N) is 1. The first-order valence-electron chi connectivity index (χ1n) is 8.65. The Kier molecular flexibility index (Phi) is 5.22. The maximum Gasteiger partial charge on any atom is 0.205 e. The topological polar surface area (TPSA) is 29.1 Å². The van der Waals surface area contributed by atoms with Crippen molar-refractivity contribution in [3.63, 3.8) is 0 Å². The highest BCUT2D eigenvalue weighted by Gasteiger charge is 2.36. The fourth-order valence-corrected chi connectivity index (χ4v) is 5.78. The molecule has 0 aliphatic heterocycles. The van der Waals surface area contributed by atoms with Crippen LogP contribution in [-0.2, 0) is 10.1 Å². The van der Waals surface area contributed by atoms with Crippen LogP contribution in [0, 0.1) is 0 Å². The molecule has 0 spiro atoms. The number of hydrogen-bond donors (Lipinski definition) is 1. The van der Waals surface area contributed by atoms with Crippen LogP contribution in [0.2, 0.25) is 0 Å². The van der Waals surface area contributed by atoms with E-state index in [1.807, 2.05) is 78.9 Å². The molecule has 0 aromatic heterocycles. The van der Waals surface area contributed by atoms with E-state index in [9.17, 15) is 4.57 Å². The van der Waals surface area contributed by atoms with E-state index in [1.54, 1.807) is 0 Å². The Bertz CT molecular complexity index is 805. The van der Waals surface area contributed by atoms with Gasteiger partial charge in [-0.15, -0.1) is 0 Å². The summed E-state index contributed by atoms with van der Waals surface area (Å²) >= 11 is 0. The Morgan fingerprint density at radius 1 is 0.760 bits per heavy atom. The highest BCUT2D eigenvalue weighted by molar-refractivity contribution is 7.77. The van der Waals surface area contributed by atoms with Crippen LogP contribution >= 0.6 is 7.29 Å². The molecule has 0 saturated heterocycles. The monoisotopic (exact) mass is 349 g/mol. The second-order valence-corrected chi connectivity index (χ2v) is 8.92. The maximum absolute atomic E-state index is 14.3. The summed E-state index contributed by atoms with van der Waals surface area (Å²) in [7, 11) is -2.98. The third-order valence-corrected chi connectivity index (χ3v) is 7.62. The van der Waals surface area contributed by atoms with Crippen LogP contribution in [-0.4, -0.2) is 0 Å². The summed E-state index contributed by atoms with van der Waals surface area (Å²) in [6, 6.07) is 29.7. The van der Waals surface area contributed by atoms with Crippen LogP contribution in [0.5, 0.6) is 0 Å². The van der Waals surface area contributed by atoms with Crippen molar-refractivity contribution in [2.24, 2.45) is 0 Å². The molecule has 128 valence electrons. The number of hydrogen-bond acceptors (Lipinski definition) is 1. The highest BCUT2D eigenvalue weighted by atomic mass is 31.2. The SMILES string of the molecule is CCC(C)(NP(=O)(c1ccccc1)c1ccccc1)c1ccccc1. The zero-order chi connectivity index (χ0) is 17.8. The van der Waals surface area contributed by atoms with Gasteiger partial charge in [0.25, 0.3) is 0 Å². The lowest BCUT2D eigenvalue weighted by atomic mass is 9.91. The second-order valence-electron chi connectivity index (χ2n) is 6.44. The van der Waals surface area contributed by atoms with Gasteiger partial charge in [-0.2, -0.15) is 0 Å². The molecule has 3 aromatic carbocycles. The zero-order valence-electron chi connectivity index (χ0n) is 14.7. The Labute approximate surface area is 150 Å². The van der Waals surface area contributed by atoms with Crippen LogP contribution < -0.4 is 15.7 Å². The predicted molar refractivity (Wildman–Crippen MR) is 107 cm³/mol. The Hall–Kier alpha value is -2.15. The van der Waals surface area contributed by atoms with Gasteiger partial charge in [-0.25, -0.2) is 0 Å².